The molecule has 0 spiro atoms. The van der Waals surface area contributed by atoms with Gasteiger partial charge in [-0.15, -0.1) is 12.4 Å². The van der Waals surface area contributed by atoms with E-state index in [-0.39, 0.29) is 18.5 Å². The summed E-state index contributed by atoms with van der Waals surface area (Å²) in [5.74, 6) is 0.832. The minimum Gasteiger partial charge on any atom is -0.393 e. The monoisotopic (exact) mass is 276 g/mol. The third-order valence-corrected chi connectivity index (χ3v) is 4.25. The zero-order chi connectivity index (χ0) is 12.1. The van der Waals surface area contributed by atoms with Crippen LogP contribution in [0.15, 0.2) is 0 Å². The molecule has 2 rings (SSSR count). The Bertz CT molecular complexity index is 220. The van der Waals surface area contributed by atoms with Gasteiger partial charge in [0.15, 0.2) is 0 Å². The van der Waals surface area contributed by atoms with E-state index in [1.807, 2.05) is 6.92 Å². The average Bonchev–Trinajstić information content (AvgIpc) is 2.32. The van der Waals surface area contributed by atoms with Crippen molar-refractivity contribution in [1.82, 2.24) is 10.2 Å². The van der Waals surface area contributed by atoms with E-state index < -0.39 is 0 Å². The minimum atomic E-state index is -0.148. The molecule has 4 heteroatoms. The fourth-order valence-corrected chi connectivity index (χ4v) is 3.37. The minimum absolute atomic E-state index is 0. The number of piperidine rings is 2. The lowest BCUT2D eigenvalue weighted by Crippen LogP contribution is -2.46. The van der Waals surface area contributed by atoms with Gasteiger partial charge in [0, 0.05) is 12.6 Å². The summed E-state index contributed by atoms with van der Waals surface area (Å²) in [6.07, 6.45) is 7.49. The Morgan fingerprint density at radius 3 is 2.78 bits per heavy atom. The molecule has 2 fully saturated rings. The van der Waals surface area contributed by atoms with Crippen LogP contribution < -0.4 is 5.32 Å². The molecule has 108 valence electrons. The van der Waals surface area contributed by atoms with Crippen molar-refractivity contribution < 1.29 is 5.11 Å². The van der Waals surface area contributed by atoms with Crippen LogP contribution in [0.25, 0.3) is 0 Å². The highest BCUT2D eigenvalue weighted by atomic mass is 35.5. The third kappa shape index (κ3) is 5.04. The van der Waals surface area contributed by atoms with Gasteiger partial charge in [-0.3, -0.25) is 4.90 Å². The molecule has 0 aromatic carbocycles. The maximum absolute atomic E-state index is 9.59. The van der Waals surface area contributed by atoms with Crippen molar-refractivity contribution in [2.24, 2.45) is 5.92 Å². The second kappa shape index (κ2) is 8.36. The molecule has 0 aliphatic carbocycles. The SMILES string of the molecule is CC(O)CC1CCCCN1CC1CCCNC1.Cl. The Labute approximate surface area is 118 Å². The van der Waals surface area contributed by atoms with Crippen molar-refractivity contribution in [3.63, 3.8) is 0 Å². The van der Waals surface area contributed by atoms with Gasteiger partial charge < -0.3 is 10.4 Å². The molecular weight excluding hydrogens is 248 g/mol. The first-order valence-corrected chi connectivity index (χ1v) is 7.38. The maximum Gasteiger partial charge on any atom is 0.0527 e. The van der Waals surface area contributed by atoms with Crippen LogP contribution in [0.4, 0.5) is 0 Å². The first-order chi connectivity index (χ1) is 8.25. The van der Waals surface area contributed by atoms with Crippen LogP contribution >= 0.6 is 12.4 Å². The van der Waals surface area contributed by atoms with E-state index in [0.29, 0.717) is 6.04 Å². The largest absolute Gasteiger partial charge is 0.393 e. The van der Waals surface area contributed by atoms with Crippen LogP contribution in [0.2, 0.25) is 0 Å². The van der Waals surface area contributed by atoms with E-state index in [2.05, 4.69) is 10.2 Å². The molecule has 3 unspecified atom stereocenters. The topological polar surface area (TPSA) is 35.5 Å². The highest BCUT2D eigenvalue weighted by Gasteiger charge is 2.26. The fraction of sp³-hybridized carbons (Fsp3) is 1.00. The van der Waals surface area contributed by atoms with E-state index in [1.165, 1.54) is 58.3 Å². The van der Waals surface area contributed by atoms with Gasteiger partial charge in [-0.1, -0.05) is 6.42 Å². The molecule has 0 bridgehead atoms. The van der Waals surface area contributed by atoms with E-state index in [4.69, 9.17) is 0 Å². The van der Waals surface area contributed by atoms with Crippen LogP contribution in [0, 0.1) is 5.92 Å². The van der Waals surface area contributed by atoms with E-state index in [9.17, 15) is 5.11 Å². The van der Waals surface area contributed by atoms with Crippen molar-refractivity contribution in [2.45, 2.75) is 57.6 Å². The zero-order valence-electron chi connectivity index (χ0n) is 11.6. The van der Waals surface area contributed by atoms with E-state index in [0.717, 1.165) is 12.3 Å². The molecule has 2 heterocycles. The molecule has 18 heavy (non-hydrogen) atoms. The molecular formula is C14H29ClN2O. The van der Waals surface area contributed by atoms with Crippen LogP contribution in [-0.4, -0.2) is 48.3 Å². The number of hydrogen-bond acceptors (Lipinski definition) is 3. The molecule has 2 saturated heterocycles. The first-order valence-electron chi connectivity index (χ1n) is 7.38. The third-order valence-electron chi connectivity index (χ3n) is 4.25. The Hall–Kier alpha value is 0.170. The van der Waals surface area contributed by atoms with Gasteiger partial charge in [0.2, 0.25) is 0 Å². The van der Waals surface area contributed by atoms with Gasteiger partial charge >= 0.3 is 0 Å². The molecule has 0 radical (unpaired) electrons. The molecule has 3 nitrogen and oxygen atoms in total. The zero-order valence-corrected chi connectivity index (χ0v) is 12.4. The first kappa shape index (κ1) is 16.2. The average molecular weight is 277 g/mol. The van der Waals surface area contributed by atoms with Crippen LogP contribution in [0.1, 0.15) is 45.4 Å². The lowest BCUT2D eigenvalue weighted by molar-refractivity contribution is 0.0714. The van der Waals surface area contributed by atoms with Crippen LogP contribution in [0.5, 0.6) is 0 Å². The summed E-state index contributed by atoms with van der Waals surface area (Å²) in [5.41, 5.74) is 0. The molecule has 3 atom stereocenters. The predicted octanol–water partition coefficient (Wildman–Crippen LogP) is 2.03. The summed E-state index contributed by atoms with van der Waals surface area (Å²) < 4.78 is 0. The Morgan fingerprint density at radius 1 is 1.28 bits per heavy atom. The number of rotatable bonds is 4. The Balaban J connectivity index is 0.00000162. The summed E-state index contributed by atoms with van der Waals surface area (Å²) in [4.78, 5) is 2.65. The van der Waals surface area contributed by atoms with Gasteiger partial charge in [-0.05, 0) is 64.6 Å². The van der Waals surface area contributed by atoms with E-state index in [1.54, 1.807) is 0 Å². The number of nitrogens with zero attached hydrogens (tertiary/aromatic N) is 1. The number of aliphatic hydroxyl groups is 1. The van der Waals surface area contributed by atoms with Gasteiger partial charge in [0.1, 0.15) is 0 Å². The van der Waals surface area contributed by atoms with Crippen molar-refractivity contribution in [3.8, 4) is 0 Å². The van der Waals surface area contributed by atoms with Crippen LogP contribution in [0.3, 0.4) is 0 Å². The molecule has 0 aromatic rings. The molecule has 2 N–H and O–H groups in total. The second-order valence-corrected chi connectivity index (χ2v) is 5.94. The molecule has 2 aliphatic rings. The molecule has 2 aliphatic heterocycles. The quantitative estimate of drug-likeness (QED) is 0.825. The molecule has 0 aromatic heterocycles. The standard InChI is InChI=1S/C14H28N2O.ClH/c1-12(17)9-14-6-2-3-8-16(14)11-13-5-4-7-15-10-13;/h12-15,17H,2-11H2,1H3;1H. The number of hydrogen-bond donors (Lipinski definition) is 2. The molecule has 0 amide bonds. The smallest absolute Gasteiger partial charge is 0.0527 e. The van der Waals surface area contributed by atoms with Gasteiger partial charge in [0.05, 0.1) is 6.10 Å². The van der Waals surface area contributed by atoms with Crippen molar-refractivity contribution >= 4 is 12.4 Å². The second-order valence-electron chi connectivity index (χ2n) is 5.94. The lowest BCUT2D eigenvalue weighted by Gasteiger charge is -2.39. The number of halogens is 1. The summed E-state index contributed by atoms with van der Waals surface area (Å²) in [5, 5.41) is 13.1. The number of likely N-dealkylation sites (tertiary alicyclic amines) is 1. The van der Waals surface area contributed by atoms with Crippen molar-refractivity contribution in [1.29, 1.82) is 0 Å². The lowest BCUT2D eigenvalue weighted by atomic mass is 9.93. The number of aliphatic hydroxyl groups excluding tert-OH is 1. The summed E-state index contributed by atoms with van der Waals surface area (Å²) in [7, 11) is 0. The fourth-order valence-electron chi connectivity index (χ4n) is 3.37. The normalized spacial score (nSPS) is 31.7. The highest BCUT2D eigenvalue weighted by molar-refractivity contribution is 5.85. The summed E-state index contributed by atoms with van der Waals surface area (Å²) in [6, 6.07) is 0.630. The highest BCUT2D eigenvalue weighted by Crippen LogP contribution is 2.23. The Morgan fingerprint density at radius 2 is 2.11 bits per heavy atom. The number of nitrogens with one attached hydrogen (secondary N) is 1. The van der Waals surface area contributed by atoms with Gasteiger partial charge in [-0.25, -0.2) is 0 Å². The summed E-state index contributed by atoms with van der Waals surface area (Å²) >= 11 is 0. The van der Waals surface area contributed by atoms with E-state index >= 15 is 0 Å². The maximum atomic E-state index is 9.59. The van der Waals surface area contributed by atoms with Gasteiger partial charge in [-0.2, -0.15) is 0 Å². The molecule has 0 saturated carbocycles. The van der Waals surface area contributed by atoms with Gasteiger partial charge in [0.25, 0.3) is 0 Å². The van der Waals surface area contributed by atoms with Crippen molar-refractivity contribution in [2.75, 3.05) is 26.2 Å². The predicted molar refractivity (Wildman–Crippen MR) is 78.4 cm³/mol. The van der Waals surface area contributed by atoms with Crippen LogP contribution in [-0.2, 0) is 0 Å². The van der Waals surface area contributed by atoms with Crippen molar-refractivity contribution in [3.05, 3.63) is 0 Å². The summed E-state index contributed by atoms with van der Waals surface area (Å²) in [6.45, 7) is 6.80. The Kier molecular flexibility index (Phi) is 7.54.